The van der Waals surface area contributed by atoms with E-state index in [2.05, 4.69) is 10.6 Å². The predicted molar refractivity (Wildman–Crippen MR) is 119 cm³/mol. The second-order valence-electron chi connectivity index (χ2n) is 8.65. The van der Waals surface area contributed by atoms with Gasteiger partial charge in [-0.2, -0.15) is 0 Å². The lowest BCUT2D eigenvalue weighted by Gasteiger charge is -2.22. The Morgan fingerprint density at radius 3 is 2.77 bits per heavy atom. The maximum atomic E-state index is 12.4. The van der Waals surface area contributed by atoms with Crippen molar-refractivity contribution >= 4 is 33.6 Å². The van der Waals surface area contributed by atoms with E-state index in [1.165, 1.54) is 32.1 Å². The molecule has 2 fully saturated rings. The zero-order chi connectivity index (χ0) is 21.2. The van der Waals surface area contributed by atoms with Crippen molar-refractivity contribution in [1.82, 2.24) is 10.6 Å². The van der Waals surface area contributed by atoms with Gasteiger partial charge in [-0.25, -0.2) is 0 Å². The summed E-state index contributed by atoms with van der Waals surface area (Å²) in [5, 5.41) is 9.06. The molecular weight excluding hydrogens is 392 g/mol. The van der Waals surface area contributed by atoms with Crippen LogP contribution >= 0.6 is 0 Å². The van der Waals surface area contributed by atoms with Crippen LogP contribution in [0.4, 0.5) is 0 Å². The second-order valence-corrected chi connectivity index (χ2v) is 8.65. The van der Waals surface area contributed by atoms with Crippen molar-refractivity contribution in [2.24, 2.45) is 0 Å². The maximum Gasteiger partial charge on any atom is 0.234 e. The number of nitrogens with one attached hydrogen (secondary N) is 2. The second kappa shape index (κ2) is 8.71. The van der Waals surface area contributed by atoms with Crippen LogP contribution in [0.15, 0.2) is 41.0 Å². The average molecular weight is 421 g/mol. The Hall–Kier alpha value is -2.86. The third-order valence-electron chi connectivity index (χ3n) is 6.58. The highest BCUT2D eigenvalue weighted by atomic mass is 16.5. The van der Waals surface area contributed by atoms with Gasteiger partial charge in [0, 0.05) is 30.0 Å². The van der Waals surface area contributed by atoms with E-state index in [1.54, 1.807) is 6.26 Å². The molecule has 1 aromatic heterocycles. The first-order valence-electron chi connectivity index (χ1n) is 11.3. The number of rotatable bonds is 6. The Balaban J connectivity index is 1.33. The average Bonchev–Trinajstić information content (AvgIpc) is 3.21. The Labute approximate surface area is 181 Å². The van der Waals surface area contributed by atoms with E-state index in [0.29, 0.717) is 25.5 Å². The fourth-order valence-electron chi connectivity index (χ4n) is 4.94. The van der Waals surface area contributed by atoms with Gasteiger partial charge in [-0.05, 0) is 54.3 Å². The van der Waals surface area contributed by atoms with E-state index in [0.717, 1.165) is 39.6 Å². The number of hydrogen-bond acceptors (Lipinski definition) is 5. The van der Waals surface area contributed by atoms with Gasteiger partial charge in [-0.3, -0.25) is 14.9 Å². The van der Waals surface area contributed by atoms with Gasteiger partial charge in [-0.15, -0.1) is 0 Å². The monoisotopic (exact) mass is 420 g/mol. The van der Waals surface area contributed by atoms with Crippen LogP contribution in [0.5, 0.6) is 5.75 Å². The summed E-state index contributed by atoms with van der Waals surface area (Å²) in [4.78, 5) is 23.9. The van der Waals surface area contributed by atoms with Crippen LogP contribution < -0.4 is 15.4 Å². The molecule has 1 saturated heterocycles. The highest BCUT2D eigenvalue weighted by Crippen LogP contribution is 2.37. The Kier molecular flexibility index (Phi) is 5.64. The molecule has 5 rings (SSSR count). The van der Waals surface area contributed by atoms with Gasteiger partial charge in [0.2, 0.25) is 11.8 Å². The molecule has 2 aliphatic rings. The van der Waals surface area contributed by atoms with Crippen LogP contribution in [0.25, 0.3) is 21.7 Å². The van der Waals surface area contributed by atoms with Gasteiger partial charge < -0.3 is 14.5 Å². The molecule has 6 nitrogen and oxygen atoms in total. The smallest absolute Gasteiger partial charge is 0.234 e. The standard InChI is InChI=1S/C25H28N2O4/c28-23-11-9-20(25(29)27-23)21-15-31-22-10-6-16-14-18(7-8-19(16)24(21)22)30-13-12-26-17-4-2-1-3-5-17/h6-8,10,14-15,17,20,26H,1-5,9,11-13H2,(H,27,28,29)/t20-/m1/s1. The van der Waals surface area contributed by atoms with Crippen LogP contribution in [0.3, 0.4) is 0 Å². The normalized spacial score (nSPS) is 20.3. The summed E-state index contributed by atoms with van der Waals surface area (Å²) < 4.78 is 11.7. The molecule has 3 aromatic rings. The number of amides is 2. The number of carbonyl (C=O) groups excluding carboxylic acids is 2. The van der Waals surface area contributed by atoms with Gasteiger partial charge >= 0.3 is 0 Å². The van der Waals surface area contributed by atoms with E-state index in [4.69, 9.17) is 9.15 Å². The molecule has 0 bridgehead atoms. The lowest BCUT2D eigenvalue weighted by Crippen LogP contribution is -2.39. The van der Waals surface area contributed by atoms with Crippen molar-refractivity contribution in [2.75, 3.05) is 13.2 Å². The zero-order valence-corrected chi connectivity index (χ0v) is 17.6. The summed E-state index contributed by atoms with van der Waals surface area (Å²) in [6, 6.07) is 10.6. The van der Waals surface area contributed by atoms with E-state index in [-0.39, 0.29) is 17.7 Å². The lowest BCUT2D eigenvalue weighted by molar-refractivity contribution is -0.134. The van der Waals surface area contributed by atoms with E-state index >= 15 is 0 Å². The van der Waals surface area contributed by atoms with Gasteiger partial charge in [-0.1, -0.05) is 25.3 Å². The molecular formula is C25H28N2O4. The van der Waals surface area contributed by atoms with Crippen LogP contribution in [0.1, 0.15) is 56.4 Å². The molecule has 1 aliphatic heterocycles. The first-order chi connectivity index (χ1) is 15.2. The fourth-order valence-corrected chi connectivity index (χ4v) is 4.94. The molecule has 0 radical (unpaired) electrons. The number of furan rings is 1. The highest BCUT2D eigenvalue weighted by molar-refractivity contribution is 6.10. The third-order valence-corrected chi connectivity index (χ3v) is 6.58. The predicted octanol–water partition coefficient (Wildman–Crippen LogP) is 4.41. The minimum atomic E-state index is -0.369. The van der Waals surface area contributed by atoms with Gasteiger partial charge in [0.25, 0.3) is 0 Å². The first kappa shape index (κ1) is 20.1. The Morgan fingerprint density at radius 2 is 1.94 bits per heavy atom. The summed E-state index contributed by atoms with van der Waals surface area (Å²) in [6.07, 6.45) is 9.06. The number of piperidine rings is 1. The van der Waals surface area contributed by atoms with Crippen molar-refractivity contribution < 1.29 is 18.7 Å². The molecule has 0 spiro atoms. The molecule has 1 aliphatic carbocycles. The van der Waals surface area contributed by atoms with Crippen LogP contribution in [-0.2, 0) is 9.59 Å². The summed E-state index contributed by atoms with van der Waals surface area (Å²) >= 11 is 0. The fraction of sp³-hybridized carbons (Fsp3) is 0.440. The largest absolute Gasteiger partial charge is 0.492 e. The third kappa shape index (κ3) is 4.17. The van der Waals surface area contributed by atoms with Crippen molar-refractivity contribution in [1.29, 1.82) is 0 Å². The minimum absolute atomic E-state index is 0.210. The molecule has 162 valence electrons. The molecule has 31 heavy (non-hydrogen) atoms. The molecule has 1 saturated carbocycles. The number of hydrogen-bond donors (Lipinski definition) is 2. The molecule has 2 amide bonds. The van der Waals surface area contributed by atoms with Crippen molar-refractivity contribution in [3.63, 3.8) is 0 Å². The van der Waals surface area contributed by atoms with Crippen molar-refractivity contribution in [2.45, 2.75) is 56.9 Å². The Bertz CT molecular complexity index is 1110. The van der Waals surface area contributed by atoms with E-state index in [9.17, 15) is 9.59 Å². The number of imide groups is 1. The van der Waals surface area contributed by atoms with E-state index < -0.39 is 0 Å². The zero-order valence-electron chi connectivity index (χ0n) is 17.6. The summed E-state index contributed by atoms with van der Waals surface area (Å²) in [7, 11) is 0. The van der Waals surface area contributed by atoms with Crippen molar-refractivity contribution in [3.8, 4) is 5.75 Å². The SMILES string of the molecule is O=C1CC[C@H](c2coc3ccc4cc(OCCNC5CCCCC5)ccc4c23)C(=O)N1. The maximum absolute atomic E-state index is 12.4. The van der Waals surface area contributed by atoms with Crippen LogP contribution in [0.2, 0.25) is 0 Å². The molecule has 6 heteroatoms. The van der Waals surface area contributed by atoms with Gasteiger partial charge in [0.15, 0.2) is 0 Å². The van der Waals surface area contributed by atoms with Crippen LogP contribution in [-0.4, -0.2) is 31.0 Å². The molecule has 0 unspecified atom stereocenters. The molecule has 2 aromatic carbocycles. The van der Waals surface area contributed by atoms with Gasteiger partial charge in [0.1, 0.15) is 17.9 Å². The number of carbonyl (C=O) groups is 2. The summed E-state index contributed by atoms with van der Waals surface area (Å²) in [6.45, 7) is 1.49. The highest BCUT2D eigenvalue weighted by Gasteiger charge is 2.31. The summed E-state index contributed by atoms with van der Waals surface area (Å²) in [5.74, 6) is 0.00901. The first-order valence-corrected chi connectivity index (χ1v) is 11.3. The van der Waals surface area contributed by atoms with Gasteiger partial charge in [0.05, 0.1) is 12.2 Å². The molecule has 2 N–H and O–H groups in total. The molecule has 2 heterocycles. The van der Waals surface area contributed by atoms with Crippen molar-refractivity contribution in [3.05, 3.63) is 42.2 Å². The molecule has 1 atom stereocenters. The quantitative estimate of drug-likeness (QED) is 0.456. The van der Waals surface area contributed by atoms with Crippen LogP contribution in [0, 0.1) is 0 Å². The number of ether oxygens (including phenoxy) is 1. The van der Waals surface area contributed by atoms with E-state index in [1.807, 2.05) is 30.3 Å². The number of benzene rings is 2. The topological polar surface area (TPSA) is 80.6 Å². The number of fused-ring (bicyclic) bond motifs is 3. The minimum Gasteiger partial charge on any atom is -0.492 e. The summed E-state index contributed by atoms with van der Waals surface area (Å²) in [5.41, 5.74) is 1.59. The Morgan fingerprint density at radius 1 is 1.06 bits per heavy atom. The lowest BCUT2D eigenvalue weighted by atomic mass is 9.89.